The third-order valence-electron chi connectivity index (χ3n) is 4.76. The summed E-state index contributed by atoms with van der Waals surface area (Å²) < 4.78 is 5.79. The molecular weight excluding hydrogens is 421 g/mol. The first-order valence-electron chi connectivity index (χ1n) is 8.53. The molecule has 0 radical (unpaired) electrons. The van der Waals surface area contributed by atoms with E-state index in [-0.39, 0.29) is 24.0 Å². The van der Waals surface area contributed by atoms with Gasteiger partial charge in [-0.1, -0.05) is 11.6 Å². The van der Waals surface area contributed by atoms with Crippen molar-refractivity contribution in [1.29, 1.82) is 0 Å². The maximum atomic E-state index is 5.50. The van der Waals surface area contributed by atoms with E-state index in [4.69, 9.17) is 4.74 Å². The Morgan fingerprint density at radius 2 is 2.09 bits per heavy atom. The van der Waals surface area contributed by atoms with E-state index in [2.05, 4.69) is 28.0 Å². The Hall–Kier alpha value is 0.0500. The monoisotopic (exact) mass is 453 g/mol. The molecular formula is C17H32IN3OS. The van der Waals surface area contributed by atoms with Crippen molar-refractivity contribution in [3.8, 4) is 0 Å². The molecule has 2 N–H and O–H groups in total. The molecule has 1 fully saturated rings. The Bertz CT molecular complexity index is 395. The highest BCUT2D eigenvalue weighted by Gasteiger charge is 2.31. The number of guanidine groups is 1. The molecule has 0 bridgehead atoms. The summed E-state index contributed by atoms with van der Waals surface area (Å²) in [4.78, 5) is 4.35. The molecule has 0 amide bonds. The van der Waals surface area contributed by atoms with Crippen molar-refractivity contribution in [1.82, 2.24) is 10.6 Å². The minimum Gasteiger partial charge on any atom is -0.381 e. The first-order valence-corrected chi connectivity index (χ1v) is 9.76. The molecule has 1 aliphatic carbocycles. The standard InChI is InChI=1S/C17H31N3OS.HI/c1-18-16(19-11-8-15-6-4-3-5-7-15)20-14-17(22-2)9-12-21-13-10-17;/h6H,3-5,7-14H2,1-2H3,(H2,18,19,20);1H. The summed E-state index contributed by atoms with van der Waals surface area (Å²) in [6.45, 7) is 3.69. The lowest BCUT2D eigenvalue weighted by Gasteiger charge is -2.36. The van der Waals surface area contributed by atoms with Gasteiger partial charge in [0.15, 0.2) is 5.96 Å². The Balaban J connectivity index is 0.00000264. The highest BCUT2D eigenvalue weighted by Crippen LogP contribution is 2.32. The second-order valence-electron chi connectivity index (χ2n) is 6.21. The lowest BCUT2D eigenvalue weighted by Crippen LogP contribution is -2.48. The Morgan fingerprint density at radius 1 is 1.30 bits per heavy atom. The van der Waals surface area contributed by atoms with E-state index in [1.54, 1.807) is 5.57 Å². The van der Waals surface area contributed by atoms with Gasteiger partial charge in [0.25, 0.3) is 0 Å². The summed E-state index contributed by atoms with van der Waals surface area (Å²) in [5.74, 6) is 0.927. The molecule has 0 atom stereocenters. The quantitative estimate of drug-likeness (QED) is 0.279. The SMILES string of the molecule is CN=C(NCCC1=CCCCC1)NCC1(SC)CCOCC1.I. The number of nitrogens with one attached hydrogen (secondary N) is 2. The minimum atomic E-state index is 0. The average molecular weight is 453 g/mol. The van der Waals surface area contributed by atoms with Crippen LogP contribution in [-0.2, 0) is 4.74 Å². The van der Waals surface area contributed by atoms with Crippen LogP contribution in [0.5, 0.6) is 0 Å². The van der Waals surface area contributed by atoms with Crippen LogP contribution in [0.1, 0.15) is 44.9 Å². The zero-order valence-corrected chi connectivity index (χ0v) is 17.7. The molecule has 2 rings (SSSR count). The summed E-state index contributed by atoms with van der Waals surface area (Å²) in [6.07, 6.45) is 13.3. The van der Waals surface area contributed by atoms with Crippen molar-refractivity contribution in [3.05, 3.63) is 11.6 Å². The van der Waals surface area contributed by atoms with Gasteiger partial charge in [0.1, 0.15) is 0 Å². The first kappa shape index (κ1) is 21.1. The highest BCUT2D eigenvalue weighted by molar-refractivity contribution is 14.0. The molecule has 2 aliphatic rings. The van der Waals surface area contributed by atoms with Crippen molar-refractivity contribution in [2.24, 2.45) is 4.99 Å². The average Bonchev–Trinajstić information content (AvgIpc) is 2.59. The first-order chi connectivity index (χ1) is 10.8. The molecule has 0 spiro atoms. The van der Waals surface area contributed by atoms with Crippen LogP contribution in [0.25, 0.3) is 0 Å². The van der Waals surface area contributed by atoms with Gasteiger partial charge in [-0.05, 0) is 51.2 Å². The Labute approximate surface area is 162 Å². The predicted molar refractivity (Wildman–Crippen MR) is 112 cm³/mol. The lowest BCUT2D eigenvalue weighted by molar-refractivity contribution is 0.0783. The molecule has 1 heterocycles. The fourth-order valence-electron chi connectivity index (χ4n) is 3.14. The van der Waals surface area contributed by atoms with Gasteiger partial charge < -0.3 is 15.4 Å². The van der Waals surface area contributed by atoms with Crippen LogP contribution in [0.15, 0.2) is 16.6 Å². The van der Waals surface area contributed by atoms with Gasteiger partial charge in [0.2, 0.25) is 0 Å². The van der Waals surface area contributed by atoms with Crippen molar-refractivity contribution in [3.63, 3.8) is 0 Å². The molecule has 4 nitrogen and oxygen atoms in total. The minimum absolute atomic E-state index is 0. The number of halogens is 1. The summed E-state index contributed by atoms with van der Waals surface area (Å²) in [7, 11) is 1.85. The number of aliphatic imine (C=N–C) groups is 1. The maximum absolute atomic E-state index is 5.50. The maximum Gasteiger partial charge on any atom is 0.191 e. The third-order valence-corrected chi connectivity index (χ3v) is 6.18. The molecule has 0 aromatic carbocycles. The molecule has 1 aliphatic heterocycles. The Kier molecular flexibility index (Phi) is 10.6. The van der Waals surface area contributed by atoms with Gasteiger partial charge in [-0.15, -0.1) is 24.0 Å². The lowest BCUT2D eigenvalue weighted by atomic mass is 9.97. The van der Waals surface area contributed by atoms with E-state index in [1.165, 1.54) is 25.7 Å². The number of rotatable bonds is 6. The van der Waals surface area contributed by atoms with Gasteiger partial charge in [-0.2, -0.15) is 11.8 Å². The van der Waals surface area contributed by atoms with Gasteiger partial charge in [-0.3, -0.25) is 4.99 Å². The number of thioether (sulfide) groups is 1. The number of nitrogens with zero attached hydrogens (tertiary/aromatic N) is 1. The van der Waals surface area contributed by atoms with Crippen LogP contribution in [0, 0.1) is 0 Å². The molecule has 0 saturated carbocycles. The smallest absolute Gasteiger partial charge is 0.191 e. The van der Waals surface area contributed by atoms with Crippen LogP contribution < -0.4 is 10.6 Å². The van der Waals surface area contributed by atoms with Crippen molar-refractivity contribution in [2.45, 2.75) is 49.7 Å². The van der Waals surface area contributed by atoms with E-state index in [0.717, 1.165) is 51.5 Å². The van der Waals surface area contributed by atoms with Crippen molar-refractivity contribution < 1.29 is 4.74 Å². The Morgan fingerprint density at radius 3 is 2.70 bits per heavy atom. The van der Waals surface area contributed by atoms with Gasteiger partial charge in [0.05, 0.1) is 0 Å². The topological polar surface area (TPSA) is 45.7 Å². The van der Waals surface area contributed by atoms with E-state index in [1.807, 2.05) is 18.8 Å². The fraction of sp³-hybridized carbons (Fsp3) is 0.824. The largest absolute Gasteiger partial charge is 0.381 e. The summed E-state index contributed by atoms with van der Waals surface area (Å²) in [5.41, 5.74) is 1.61. The van der Waals surface area contributed by atoms with Gasteiger partial charge >= 0.3 is 0 Å². The number of ether oxygens (including phenoxy) is 1. The highest BCUT2D eigenvalue weighted by atomic mass is 127. The number of hydrogen-bond donors (Lipinski definition) is 2. The molecule has 0 unspecified atom stereocenters. The molecule has 134 valence electrons. The van der Waals surface area contributed by atoms with Crippen LogP contribution in [0.2, 0.25) is 0 Å². The van der Waals surface area contributed by atoms with E-state index in [0.29, 0.717) is 4.75 Å². The van der Waals surface area contributed by atoms with Gasteiger partial charge in [-0.25, -0.2) is 0 Å². The molecule has 0 aromatic heterocycles. The fourth-order valence-corrected chi connectivity index (χ4v) is 3.93. The molecule has 1 saturated heterocycles. The zero-order valence-electron chi connectivity index (χ0n) is 14.5. The van der Waals surface area contributed by atoms with Crippen LogP contribution in [0.3, 0.4) is 0 Å². The van der Waals surface area contributed by atoms with Gasteiger partial charge in [0, 0.05) is 38.1 Å². The van der Waals surface area contributed by atoms with E-state index >= 15 is 0 Å². The van der Waals surface area contributed by atoms with Crippen LogP contribution in [0.4, 0.5) is 0 Å². The van der Waals surface area contributed by atoms with Crippen molar-refractivity contribution in [2.75, 3.05) is 39.6 Å². The number of hydrogen-bond acceptors (Lipinski definition) is 3. The van der Waals surface area contributed by atoms with Crippen LogP contribution in [-0.4, -0.2) is 50.3 Å². The number of allylic oxidation sites excluding steroid dienone is 1. The predicted octanol–water partition coefficient (Wildman–Crippen LogP) is 3.57. The second-order valence-corrected chi connectivity index (χ2v) is 7.48. The van der Waals surface area contributed by atoms with Crippen molar-refractivity contribution >= 4 is 41.7 Å². The van der Waals surface area contributed by atoms with E-state index in [9.17, 15) is 0 Å². The molecule has 0 aromatic rings. The summed E-state index contributed by atoms with van der Waals surface area (Å²) in [5, 5.41) is 6.97. The van der Waals surface area contributed by atoms with Crippen LogP contribution >= 0.6 is 35.7 Å². The second kappa shape index (κ2) is 11.6. The van der Waals surface area contributed by atoms with E-state index < -0.39 is 0 Å². The zero-order chi connectivity index (χ0) is 15.7. The summed E-state index contributed by atoms with van der Waals surface area (Å²) in [6, 6.07) is 0. The third kappa shape index (κ3) is 7.22. The molecule has 23 heavy (non-hydrogen) atoms. The normalized spacial score (nSPS) is 21.1. The summed E-state index contributed by atoms with van der Waals surface area (Å²) >= 11 is 1.96. The molecule has 6 heteroatoms.